The molecule has 52 heavy (non-hydrogen) atoms. The number of amides is 1. The number of carbonyl (C=O) groups is 3. The number of allylic oxidation sites excluding steroid dienone is 6. The summed E-state index contributed by atoms with van der Waals surface area (Å²) < 4.78 is 26.7. The van der Waals surface area contributed by atoms with Gasteiger partial charge in [0.25, 0.3) is 0 Å². The van der Waals surface area contributed by atoms with E-state index in [0.717, 1.165) is 83.5 Å². The Labute approximate surface area is 314 Å². The number of unbranched alkanes of at least 4 members (excludes halogenated alkanes) is 17. The van der Waals surface area contributed by atoms with E-state index in [-0.39, 0.29) is 12.8 Å². The van der Waals surface area contributed by atoms with E-state index in [1.54, 1.807) is 0 Å². The molecule has 0 fully saturated rings. The van der Waals surface area contributed by atoms with E-state index < -0.39 is 57.6 Å². The average molecular weight is 758 g/mol. The van der Waals surface area contributed by atoms with Gasteiger partial charge in [-0.2, -0.15) is 0 Å². The maximum absolute atomic E-state index is 12.3. The van der Waals surface area contributed by atoms with Crippen LogP contribution in [0.15, 0.2) is 36.5 Å². The summed E-state index contributed by atoms with van der Waals surface area (Å²) in [4.78, 5) is 45.7. The molecule has 0 aromatic carbocycles. The van der Waals surface area contributed by atoms with Crippen LogP contribution in [-0.4, -0.2) is 64.9 Å². The molecule has 0 rings (SSSR count). The average Bonchev–Trinajstić information content (AvgIpc) is 3.11. The number of phosphoric ester groups is 1. The van der Waals surface area contributed by atoms with Crippen molar-refractivity contribution < 1.29 is 47.8 Å². The number of carboxylic acid groups (broad SMARTS) is 1. The smallest absolute Gasteiger partial charge is 0.472 e. The van der Waals surface area contributed by atoms with Crippen molar-refractivity contribution in [3.05, 3.63) is 36.5 Å². The van der Waals surface area contributed by atoms with Gasteiger partial charge in [0.15, 0.2) is 6.04 Å². The van der Waals surface area contributed by atoms with Gasteiger partial charge in [-0.1, -0.05) is 121 Å². The van der Waals surface area contributed by atoms with Crippen molar-refractivity contribution in [1.29, 1.82) is 0 Å². The van der Waals surface area contributed by atoms with Crippen LogP contribution in [0.4, 0.5) is 0 Å². The van der Waals surface area contributed by atoms with Crippen LogP contribution in [0.5, 0.6) is 0 Å². The fraction of sp³-hybridized carbons (Fsp3) is 0.775. The normalized spacial score (nSPS) is 14.2. The molecule has 0 saturated carbocycles. The number of aliphatic carboxylic acids is 1. The van der Waals surface area contributed by atoms with Crippen molar-refractivity contribution >= 4 is 25.7 Å². The van der Waals surface area contributed by atoms with Gasteiger partial charge in [-0.25, -0.2) is 9.36 Å². The fourth-order valence-electron chi connectivity index (χ4n) is 5.22. The Hall–Kier alpha value is -2.30. The topological polar surface area (TPSA) is 169 Å². The Balaban J connectivity index is 3.99. The van der Waals surface area contributed by atoms with Crippen LogP contribution < -0.4 is 5.32 Å². The summed E-state index contributed by atoms with van der Waals surface area (Å²) in [6, 6.07) is -1.55. The molecule has 302 valence electrons. The zero-order valence-electron chi connectivity index (χ0n) is 32.4. The number of carboxylic acids is 1. The van der Waals surface area contributed by atoms with Crippen molar-refractivity contribution in [2.45, 2.75) is 180 Å². The third-order valence-electron chi connectivity index (χ3n) is 8.40. The highest BCUT2D eigenvalue weighted by atomic mass is 31.2. The molecule has 3 unspecified atom stereocenters. The number of phosphoric acid groups is 1. The number of aliphatic hydroxyl groups excluding tert-OH is 1. The molecule has 1 amide bonds. The lowest BCUT2D eigenvalue weighted by Gasteiger charge is -2.18. The Bertz CT molecular complexity index is 1030. The lowest BCUT2D eigenvalue weighted by atomic mass is 10.1. The zero-order chi connectivity index (χ0) is 38.5. The number of nitrogens with one attached hydrogen (secondary N) is 1. The van der Waals surface area contributed by atoms with Crippen LogP contribution in [0.3, 0.4) is 0 Å². The Kier molecular flexibility index (Phi) is 34.1. The summed E-state index contributed by atoms with van der Waals surface area (Å²) in [5.74, 6) is -2.40. The molecular formula is C40H72NO10P. The van der Waals surface area contributed by atoms with Gasteiger partial charge in [-0.05, 0) is 70.6 Å². The van der Waals surface area contributed by atoms with Crippen LogP contribution in [0.1, 0.15) is 168 Å². The molecule has 0 heterocycles. The Morgan fingerprint density at radius 1 is 0.615 bits per heavy atom. The van der Waals surface area contributed by atoms with E-state index in [4.69, 9.17) is 13.8 Å². The number of aliphatic hydroxyl groups is 1. The molecule has 0 aliphatic carbocycles. The van der Waals surface area contributed by atoms with Crippen molar-refractivity contribution in [2.75, 3.05) is 19.8 Å². The number of esters is 1. The van der Waals surface area contributed by atoms with E-state index in [0.29, 0.717) is 12.8 Å². The first kappa shape index (κ1) is 49.7. The van der Waals surface area contributed by atoms with Crippen molar-refractivity contribution in [3.8, 4) is 0 Å². The maximum atomic E-state index is 12.3. The quantitative estimate of drug-likeness (QED) is 0.0207. The van der Waals surface area contributed by atoms with E-state index in [2.05, 4.69) is 55.6 Å². The van der Waals surface area contributed by atoms with Crippen LogP contribution in [0.25, 0.3) is 0 Å². The second kappa shape index (κ2) is 35.7. The van der Waals surface area contributed by atoms with Gasteiger partial charge in [0.05, 0.1) is 13.2 Å². The van der Waals surface area contributed by atoms with Gasteiger partial charge < -0.3 is 25.2 Å². The second-order valence-corrected chi connectivity index (χ2v) is 14.9. The Morgan fingerprint density at radius 3 is 1.62 bits per heavy atom. The van der Waals surface area contributed by atoms with Crippen LogP contribution >= 0.6 is 7.82 Å². The number of hydrogen-bond donors (Lipinski definition) is 4. The van der Waals surface area contributed by atoms with Crippen molar-refractivity contribution in [1.82, 2.24) is 5.32 Å². The number of rotatable bonds is 37. The summed E-state index contributed by atoms with van der Waals surface area (Å²) in [5.41, 5.74) is 0. The molecule has 12 heteroatoms. The molecule has 0 radical (unpaired) electrons. The van der Waals surface area contributed by atoms with Gasteiger partial charge in [0, 0.05) is 12.8 Å². The van der Waals surface area contributed by atoms with E-state index >= 15 is 0 Å². The largest absolute Gasteiger partial charge is 0.480 e. The minimum atomic E-state index is -4.76. The summed E-state index contributed by atoms with van der Waals surface area (Å²) in [6.07, 6.45) is 36.0. The molecular weight excluding hydrogens is 685 g/mol. The molecule has 0 bridgehead atoms. The van der Waals surface area contributed by atoms with Gasteiger partial charge in [0.1, 0.15) is 12.7 Å². The first-order valence-electron chi connectivity index (χ1n) is 20.0. The lowest BCUT2D eigenvalue weighted by Crippen LogP contribution is -2.43. The molecule has 0 aliphatic heterocycles. The van der Waals surface area contributed by atoms with Crippen molar-refractivity contribution in [2.24, 2.45) is 0 Å². The summed E-state index contributed by atoms with van der Waals surface area (Å²) in [7, 11) is -4.76. The van der Waals surface area contributed by atoms with E-state index in [1.807, 2.05) is 0 Å². The van der Waals surface area contributed by atoms with Crippen LogP contribution in [0, 0.1) is 0 Å². The van der Waals surface area contributed by atoms with E-state index in [1.165, 1.54) is 44.9 Å². The molecule has 3 atom stereocenters. The molecule has 11 nitrogen and oxygen atoms in total. The van der Waals surface area contributed by atoms with Gasteiger partial charge >= 0.3 is 19.8 Å². The minimum Gasteiger partial charge on any atom is -0.480 e. The van der Waals surface area contributed by atoms with E-state index in [9.17, 15) is 34.1 Å². The molecule has 4 N–H and O–H groups in total. The third kappa shape index (κ3) is 34.8. The number of carbonyl (C=O) groups excluding carboxylic acids is 2. The highest BCUT2D eigenvalue weighted by Gasteiger charge is 2.28. The van der Waals surface area contributed by atoms with Gasteiger partial charge in [0.2, 0.25) is 5.91 Å². The molecule has 0 spiro atoms. The van der Waals surface area contributed by atoms with Crippen molar-refractivity contribution in [3.63, 3.8) is 0 Å². The summed E-state index contributed by atoms with van der Waals surface area (Å²) in [6.45, 7) is 2.51. The van der Waals surface area contributed by atoms with Crippen LogP contribution in [-0.2, 0) is 32.7 Å². The SMILES string of the molecule is CCCCC/C=C\CCCCCCCC(=O)OCC(O)COP(=O)(O)OCC(NC(=O)CCCCCCC/C=C\C/C=C\CCCCCC)C(=O)O. The van der Waals surface area contributed by atoms with Crippen LogP contribution in [0.2, 0.25) is 0 Å². The molecule has 0 saturated heterocycles. The van der Waals surface area contributed by atoms with Gasteiger partial charge in [-0.3, -0.25) is 18.6 Å². The second-order valence-electron chi connectivity index (χ2n) is 13.5. The minimum absolute atomic E-state index is 0.129. The molecule has 0 aliphatic rings. The molecule has 0 aromatic heterocycles. The highest BCUT2D eigenvalue weighted by Crippen LogP contribution is 2.43. The Morgan fingerprint density at radius 2 is 1.06 bits per heavy atom. The molecule has 0 aromatic rings. The predicted molar refractivity (Wildman–Crippen MR) is 208 cm³/mol. The number of ether oxygens (including phenoxy) is 1. The summed E-state index contributed by atoms with van der Waals surface area (Å²) in [5, 5.41) is 21.7. The number of hydrogen-bond acceptors (Lipinski definition) is 8. The fourth-order valence-corrected chi connectivity index (χ4v) is 5.99. The third-order valence-corrected chi connectivity index (χ3v) is 9.35. The zero-order valence-corrected chi connectivity index (χ0v) is 33.3. The standard InChI is InChI=1S/C40H72NO10P/c1-3-5-7-9-11-13-15-17-18-19-20-21-23-25-27-29-31-38(43)41-37(40(45)46)35-51-52(47,48)50-34-36(42)33-49-39(44)32-30-28-26-24-22-16-14-12-10-8-6-4-2/h12-15,18-19,36-37,42H,3-11,16-17,20-35H2,1-2H3,(H,41,43)(H,45,46)(H,47,48)/b14-12-,15-13-,19-18-. The highest BCUT2D eigenvalue weighted by molar-refractivity contribution is 7.47. The van der Waals surface area contributed by atoms with Gasteiger partial charge in [-0.15, -0.1) is 0 Å². The first-order chi connectivity index (χ1) is 25.1. The lowest BCUT2D eigenvalue weighted by molar-refractivity contribution is -0.147. The predicted octanol–water partition coefficient (Wildman–Crippen LogP) is 9.66. The first-order valence-corrected chi connectivity index (χ1v) is 21.5. The monoisotopic (exact) mass is 757 g/mol. The maximum Gasteiger partial charge on any atom is 0.472 e. The summed E-state index contributed by atoms with van der Waals surface area (Å²) >= 11 is 0.